The van der Waals surface area contributed by atoms with E-state index in [4.69, 9.17) is 4.42 Å². The third-order valence-corrected chi connectivity index (χ3v) is 5.90. The van der Waals surface area contributed by atoms with Crippen LogP contribution in [0, 0.1) is 5.92 Å². The summed E-state index contributed by atoms with van der Waals surface area (Å²) in [6.45, 7) is 0. The molecule has 0 unspecified atom stereocenters. The first-order valence-corrected chi connectivity index (χ1v) is 9.08. The molecule has 2 atom stereocenters. The summed E-state index contributed by atoms with van der Waals surface area (Å²) in [6.07, 6.45) is 3.50. The topological polar surface area (TPSA) is 30.2 Å². The van der Waals surface area contributed by atoms with Crippen LogP contribution in [0.1, 0.15) is 33.4 Å². The van der Waals surface area contributed by atoms with Gasteiger partial charge in [0.1, 0.15) is 5.76 Å². The number of furan rings is 1. The number of carbonyl (C=O) groups excluding carboxylic acids is 1. The molecule has 1 aromatic heterocycles. The molecule has 24 heavy (non-hydrogen) atoms. The quantitative estimate of drug-likeness (QED) is 0.585. The SMILES string of the molecule is O=C1c2ccccc2CC[C@@H]1[C@@H](Sc1ccccc1)c1ccco1. The molecule has 0 saturated heterocycles. The molecule has 0 saturated carbocycles. The van der Waals surface area contributed by atoms with Gasteiger partial charge < -0.3 is 4.42 Å². The number of carbonyl (C=O) groups is 1. The molecule has 0 fully saturated rings. The van der Waals surface area contributed by atoms with Gasteiger partial charge in [-0.2, -0.15) is 0 Å². The highest BCUT2D eigenvalue weighted by molar-refractivity contribution is 7.99. The Balaban J connectivity index is 1.68. The van der Waals surface area contributed by atoms with Crippen LogP contribution in [0.3, 0.4) is 0 Å². The van der Waals surface area contributed by atoms with E-state index in [0.717, 1.165) is 29.1 Å². The summed E-state index contributed by atoms with van der Waals surface area (Å²) in [7, 11) is 0. The predicted octanol–water partition coefficient (Wildman–Crippen LogP) is 5.56. The minimum Gasteiger partial charge on any atom is -0.468 e. The van der Waals surface area contributed by atoms with E-state index in [-0.39, 0.29) is 17.0 Å². The van der Waals surface area contributed by atoms with Crippen LogP contribution < -0.4 is 0 Å². The van der Waals surface area contributed by atoms with Gasteiger partial charge in [0.15, 0.2) is 5.78 Å². The van der Waals surface area contributed by atoms with Gasteiger partial charge in [0.05, 0.1) is 11.5 Å². The highest BCUT2D eigenvalue weighted by Crippen LogP contribution is 2.45. The zero-order valence-corrected chi connectivity index (χ0v) is 14.0. The first-order chi connectivity index (χ1) is 11.8. The van der Waals surface area contributed by atoms with E-state index in [1.165, 1.54) is 5.56 Å². The Hall–Kier alpha value is -2.26. The molecule has 0 bridgehead atoms. The van der Waals surface area contributed by atoms with E-state index in [1.807, 2.05) is 48.5 Å². The summed E-state index contributed by atoms with van der Waals surface area (Å²) in [5.41, 5.74) is 2.04. The lowest BCUT2D eigenvalue weighted by Crippen LogP contribution is -2.26. The number of hydrogen-bond donors (Lipinski definition) is 0. The molecule has 3 heteroatoms. The van der Waals surface area contributed by atoms with E-state index in [9.17, 15) is 4.79 Å². The number of ketones is 1. The van der Waals surface area contributed by atoms with Crippen molar-refractivity contribution >= 4 is 17.5 Å². The molecule has 4 rings (SSSR count). The predicted molar refractivity (Wildman–Crippen MR) is 96.3 cm³/mol. The van der Waals surface area contributed by atoms with Crippen molar-refractivity contribution in [2.75, 3.05) is 0 Å². The van der Waals surface area contributed by atoms with Crippen LogP contribution in [0.4, 0.5) is 0 Å². The molecule has 2 nitrogen and oxygen atoms in total. The van der Waals surface area contributed by atoms with E-state index in [1.54, 1.807) is 18.0 Å². The minimum absolute atomic E-state index is 0.00301. The molecule has 3 aromatic rings. The lowest BCUT2D eigenvalue weighted by molar-refractivity contribution is 0.0894. The van der Waals surface area contributed by atoms with Gasteiger partial charge in [-0.1, -0.05) is 42.5 Å². The van der Waals surface area contributed by atoms with Gasteiger partial charge >= 0.3 is 0 Å². The molecular formula is C21H18O2S. The van der Waals surface area contributed by atoms with Crippen molar-refractivity contribution in [1.82, 2.24) is 0 Å². The third kappa shape index (κ3) is 2.92. The fourth-order valence-corrected chi connectivity index (χ4v) is 4.63. The van der Waals surface area contributed by atoms with Crippen molar-refractivity contribution in [2.24, 2.45) is 5.92 Å². The number of rotatable bonds is 4. The molecule has 0 radical (unpaired) electrons. The molecule has 0 amide bonds. The Morgan fingerprint density at radius 2 is 1.75 bits per heavy atom. The minimum atomic E-state index is -0.0590. The van der Waals surface area contributed by atoms with Crippen molar-refractivity contribution in [3.8, 4) is 0 Å². The normalized spacial score (nSPS) is 18.2. The largest absolute Gasteiger partial charge is 0.468 e. The van der Waals surface area contributed by atoms with Crippen LogP contribution in [0.2, 0.25) is 0 Å². The van der Waals surface area contributed by atoms with Gasteiger partial charge in [0.25, 0.3) is 0 Å². The monoisotopic (exact) mass is 334 g/mol. The van der Waals surface area contributed by atoms with Crippen molar-refractivity contribution < 1.29 is 9.21 Å². The van der Waals surface area contributed by atoms with Crippen LogP contribution in [0.15, 0.2) is 82.3 Å². The molecular weight excluding hydrogens is 316 g/mol. The average Bonchev–Trinajstić information content (AvgIpc) is 3.16. The van der Waals surface area contributed by atoms with Crippen molar-refractivity contribution in [1.29, 1.82) is 0 Å². The maximum absolute atomic E-state index is 13.1. The van der Waals surface area contributed by atoms with Crippen molar-refractivity contribution in [3.05, 3.63) is 89.9 Å². The number of aryl methyl sites for hydroxylation is 1. The summed E-state index contributed by atoms with van der Waals surface area (Å²) in [5, 5.41) is 0.00301. The average molecular weight is 334 g/mol. The van der Waals surface area contributed by atoms with Gasteiger partial charge in [-0.3, -0.25) is 4.79 Å². The maximum atomic E-state index is 13.1. The van der Waals surface area contributed by atoms with Crippen LogP contribution in [0.5, 0.6) is 0 Å². The molecule has 0 aliphatic heterocycles. The highest BCUT2D eigenvalue weighted by Gasteiger charge is 2.36. The Labute approximate surface area is 145 Å². The number of Topliss-reactive ketones (excluding diaryl/α,β-unsaturated/α-hetero) is 1. The van der Waals surface area contributed by atoms with Gasteiger partial charge in [-0.05, 0) is 42.7 Å². The lowest BCUT2D eigenvalue weighted by Gasteiger charge is -2.29. The second-order valence-electron chi connectivity index (χ2n) is 6.03. The smallest absolute Gasteiger partial charge is 0.167 e. The summed E-state index contributed by atoms with van der Waals surface area (Å²) >= 11 is 1.72. The molecule has 0 spiro atoms. The standard InChI is InChI=1S/C21H18O2S/c22-20-17-10-5-4-7-15(17)12-13-18(20)21(19-11-6-14-23-19)24-16-8-2-1-3-9-16/h1-11,14,18,21H,12-13H2/t18-,21+/m0/s1. The van der Waals surface area contributed by atoms with Crippen LogP contribution >= 0.6 is 11.8 Å². The zero-order valence-electron chi connectivity index (χ0n) is 13.2. The van der Waals surface area contributed by atoms with Gasteiger partial charge in [-0.15, -0.1) is 11.8 Å². The summed E-state index contributed by atoms with van der Waals surface area (Å²) in [5.74, 6) is 1.06. The lowest BCUT2D eigenvalue weighted by atomic mass is 9.80. The second kappa shape index (κ2) is 6.70. The molecule has 2 aromatic carbocycles. The summed E-state index contributed by atoms with van der Waals surface area (Å²) in [4.78, 5) is 14.2. The summed E-state index contributed by atoms with van der Waals surface area (Å²) < 4.78 is 5.68. The van der Waals surface area contributed by atoms with Crippen LogP contribution in [-0.2, 0) is 6.42 Å². The fourth-order valence-electron chi connectivity index (χ4n) is 3.35. The van der Waals surface area contributed by atoms with Crippen molar-refractivity contribution in [2.45, 2.75) is 23.0 Å². The zero-order chi connectivity index (χ0) is 16.4. The third-order valence-electron chi connectivity index (χ3n) is 4.54. The van der Waals surface area contributed by atoms with E-state index >= 15 is 0 Å². The molecule has 1 heterocycles. The number of benzene rings is 2. The molecule has 1 aliphatic carbocycles. The first-order valence-electron chi connectivity index (χ1n) is 8.20. The Morgan fingerprint density at radius 1 is 0.958 bits per heavy atom. The first kappa shape index (κ1) is 15.3. The Bertz CT molecular complexity index is 824. The molecule has 1 aliphatic rings. The Kier molecular flexibility index (Phi) is 4.26. The second-order valence-corrected chi connectivity index (χ2v) is 7.25. The van der Waals surface area contributed by atoms with Crippen LogP contribution in [0.25, 0.3) is 0 Å². The number of fused-ring (bicyclic) bond motifs is 1. The van der Waals surface area contributed by atoms with E-state index < -0.39 is 0 Å². The molecule has 0 N–H and O–H groups in total. The number of thioether (sulfide) groups is 1. The van der Waals surface area contributed by atoms with Gasteiger partial charge in [0, 0.05) is 16.4 Å². The van der Waals surface area contributed by atoms with E-state index in [2.05, 4.69) is 18.2 Å². The maximum Gasteiger partial charge on any atom is 0.167 e. The van der Waals surface area contributed by atoms with Gasteiger partial charge in [0.2, 0.25) is 0 Å². The summed E-state index contributed by atoms with van der Waals surface area (Å²) in [6, 6.07) is 22.1. The highest BCUT2D eigenvalue weighted by atomic mass is 32.2. The number of hydrogen-bond acceptors (Lipinski definition) is 3. The van der Waals surface area contributed by atoms with E-state index in [0.29, 0.717) is 0 Å². The molecule has 120 valence electrons. The fraction of sp³-hybridized carbons (Fsp3) is 0.190. The van der Waals surface area contributed by atoms with Crippen LogP contribution in [-0.4, -0.2) is 5.78 Å². The van der Waals surface area contributed by atoms with Gasteiger partial charge in [-0.25, -0.2) is 0 Å². The Morgan fingerprint density at radius 3 is 2.54 bits per heavy atom. The van der Waals surface area contributed by atoms with Crippen molar-refractivity contribution in [3.63, 3.8) is 0 Å².